The first-order valence-corrected chi connectivity index (χ1v) is 6.13. The Bertz CT molecular complexity index is 432. The Labute approximate surface area is 114 Å². The van der Waals surface area contributed by atoms with Gasteiger partial charge in [-0.05, 0) is 6.42 Å². The van der Waals surface area contributed by atoms with Gasteiger partial charge in [0, 0.05) is 0 Å². The van der Waals surface area contributed by atoms with Crippen LogP contribution in [0.2, 0.25) is 0 Å². The van der Waals surface area contributed by atoms with Gasteiger partial charge in [0.2, 0.25) is 0 Å². The van der Waals surface area contributed by atoms with Gasteiger partial charge in [0.1, 0.15) is 0 Å². The van der Waals surface area contributed by atoms with Crippen LogP contribution in [0.15, 0.2) is 0 Å². The number of aliphatic carboxylic acids is 4. The Balaban J connectivity index is 3.34. The average Bonchev–Trinajstić information content (AvgIpc) is 2.25. The largest absolute Gasteiger partial charge is 0.481 e. The van der Waals surface area contributed by atoms with E-state index >= 15 is 0 Å². The van der Waals surface area contributed by atoms with Crippen LogP contribution < -0.4 is 0 Å². The molecule has 0 amide bonds. The van der Waals surface area contributed by atoms with E-state index in [1.54, 1.807) is 6.92 Å². The predicted octanol–water partition coefficient (Wildman–Crippen LogP) is 0.364. The summed E-state index contributed by atoms with van der Waals surface area (Å²) in [4.78, 5) is 45.0. The van der Waals surface area contributed by atoms with Gasteiger partial charge in [0.15, 0.2) is 0 Å². The molecule has 1 aliphatic carbocycles. The molecule has 20 heavy (non-hydrogen) atoms. The summed E-state index contributed by atoms with van der Waals surface area (Å²) in [5, 5.41) is 36.6. The molecular weight excluding hydrogens is 272 g/mol. The Hall–Kier alpha value is -2.12. The van der Waals surface area contributed by atoms with Gasteiger partial charge in [0.05, 0.1) is 23.2 Å². The molecule has 8 nitrogen and oxygen atoms in total. The van der Waals surface area contributed by atoms with Crippen molar-refractivity contribution in [3.8, 4) is 0 Å². The van der Waals surface area contributed by atoms with Crippen molar-refractivity contribution in [3.05, 3.63) is 0 Å². The zero-order chi connectivity index (χ0) is 15.7. The Morgan fingerprint density at radius 2 is 1.35 bits per heavy atom. The van der Waals surface area contributed by atoms with E-state index in [0.29, 0.717) is 12.8 Å². The highest BCUT2D eigenvalue weighted by atomic mass is 16.4. The van der Waals surface area contributed by atoms with Crippen molar-refractivity contribution >= 4 is 23.9 Å². The molecule has 0 spiro atoms. The maximum absolute atomic E-state index is 11.5. The predicted molar refractivity (Wildman–Crippen MR) is 63.0 cm³/mol. The van der Waals surface area contributed by atoms with Gasteiger partial charge in [0.25, 0.3) is 0 Å². The molecule has 1 fully saturated rings. The quantitative estimate of drug-likeness (QED) is 0.524. The van der Waals surface area contributed by atoms with E-state index in [1.807, 2.05) is 0 Å². The van der Waals surface area contributed by atoms with Crippen molar-refractivity contribution in [3.63, 3.8) is 0 Å². The number of carboxylic acid groups (broad SMARTS) is 4. The van der Waals surface area contributed by atoms with Crippen LogP contribution in [0, 0.1) is 23.2 Å². The second-order valence-electron chi connectivity index (χ2n) is 4.94. The standard InChI is InChI=1S/C12H16O8/c1-2-3-4-12(11(19)20)6(9(15)16)5(8(13)14)7(12)10(17)18/h5-7H,2-4H2,1H3,(H,13,14)(H,15,16)(H,17,18)(H,19,20). The molecule has 2 atom stereocenters. The van der Waals surface area contributed by atoms with Crippen molar-refractivity contribution in [2.75, 3.05) is 0 Å². The van der Waals surface area contributed by atoms with Gasteiger partial charge >= 0.3 is 23.9 Å². The number of unbranched alkanes of at least 4 members (excludes halogenated alkanes) is 1. The normalized spacial score (nSPS) is 32.1. The number of hydrogen-bond acceptors (Lipinski definition) is 4. The average molecular weight is 288 g/mol. The molecule has 1 aliphatic rings. The van der Waals surface area contributed by atoms with Crippen LogP contribution in [0.5, 0.6) is 0 Å². The molecule has 0 radical (unpaired) electrons. The topological polar surface area (TPSA) is 149 Å². The number of hydrogen-bond donors (Lipinski definition) is 4. The zero-order valence-corrected chi connectivity index (χ0v) is 10.8. The minimum absolute atomic E-state index is 0.170. The summed E-state index contributed by atoms with van der Waals surface area (Å²) in [5.74, 6) is -11.5. The third-order valence-electron chi connectivity index (χ3n) is 3.99. The van der Waals surface area contributed by atoms with Gasteiger partial charge in [-0.3, -0.25) is 19.2 Å². The molecule has 0 aromatic heterocycles. The third-order valence-corrected chi connectivity index (χ3v) is 3.99. The van der Waals surface area contributed by atoms with Gasteiger partial charge in [-0.2, -0.15) is 0 Å². The summed E-state index contributed by atoms with van der Waals surface area (Å²) in [6.07, 6.45) is 0.689. The molecule has 0 saturated heterocycles. The highest BCUT2D eigenvalue weighted by Crippen LogP contribution is 2.59. The minimum Gasteiger partial charge on any atom is -0.481 e. The van der Waals surface area contributed by atoms with Gasteiger partial charge in [-0.1, -0.05) is 19.8 Å². The van der Waals surface area contributed by atoms with Crippen LogP contribution in [0.4, 0.5) is 0 Å². The SMILES string of the molecule is CCCCC1(C(=O)O)C(C(=O)O)C(C(=O)O)C1C(=O)O. The summed E-state index contributed by atoms with van der Waals surface area (Å²) >= 11 is 0. The molecule has 0 bridgehead atoms. The number of carboxylic acids is 4. The van der Waals surface area contributed by atoms with Crippen molar-refractivity contribution in [1.82, 2.24) is 0 Å². The lowest BCUT2D eigenvalue weighted by molar-refractivity contribution is -0.214. The molecule has 4 N–H and O–H groups in total. The smallest absolute Gasteiger partial charge is 0.311 e. The highest BCUT2D eigenvalue weighted by Gasteiger charge is 2.74. The molecular formula is C12H16O8. The van der Waals surface area contributed by atoms with Crippen LogP contribution in [0.1, 0.15) is 26.2 Å². The van der Waals surface area contributed by atoms with E-state index in [2.05, 4.69) is 0 Å². The fourth-order valence-electron chi connectivity index (χ4n) is 3.09. The van der Waals surface area contributed by atoms with Crippen molar-refractivity contribution < 1.29 is 39.6 Å². The van der Waals surface area contributed by atoms with E-state index in [1.165, 1.54) is 0 Å². The third kappa shape index (κ3) is 2.10. The van der Waals surface area contributed by atoms with Gasteiger partial charge in [-0.15, -0.1) is 0 Å². The second kappa shape index (κ2) is 5.48. The number of carbonyl (C=O) groups is 4. The maximum Gasteiger partial charge on any atom is 0.311 e. The summed E-state index contributed by atoms with van der Waals surface area (Å²) < 4.78 is 0. The monoisotopic (exact) mass is 288 g/mol. The Kier molecular flexibility index (Phi) is 4.36. The minimum atomic E-state index is -2.06. The van der Waals surface area contributed by atoms with E-state index in [-0.39, 0.29) is 6.42 Å². The molecule has 0 aliphatic heterocycles. The number of rotatable bonds is 7. The van der Waals surface area contributed by atoms with E-state index in [9.17, 15) is 24.3 Å². The first kappa shape index (κ1) is 15.9. The fourth-order valence-corrected chi connectivity index (χ4v) is 3.09. The Morgan fingerprint density at radius 3 is 1.60 bits per heavy atom. The highest BCUT2D eigenvalue weighted by molar-refractivity contribution is 5.98. The summed E-state index contributed by atoms with van der Waals surface area (Å²) in [7, 11) is 0. The summed E-state index contributed by atoms with van der Waals surface area (Å²) in [5.41, 5.74) is -2.06. The molecule has 0 aromatic carbocycles. The second-order valence-corrected chi connectivity index (χ2v) is 4.94. The summed E-state index contributed by atoms with van der Waals surface area (Å²) in [6.45, 7) is 1.74. The molecule has 1 saturated carbocycles. The van der Waals surface area contributed by atoms with Gasteiger partial charge in [-0.25, -0.2) is 0 Å². The molecule has 2 unspecified atom stereocenters. The summed E-state index contributed by atoms with van der Waals surface area (Å²) in [6, 6.07) is 0. The van der Waals surface area contributed by atoms with Crippen LogP contribution >= 0.6 is 0 Å². The first-order valence-electron chi connectivity index (χ1n) is 6.13. The van der Waals surface area contributed by atoms with Crippen molar-refractivity contribution in [2.24, 2.45) is 23.2 Å². The lowest BCUT2D eigenvalue weighted by Gasteiger charge is -2.53. The van der Waals surface area contributed by atoms with E-state index in [4.69, 9.17) is 15.3 Å². The van der Waals surface area contributed by atoms with Crippen LogP contribution in [-0.2, 0) is 19.2 Å². The molecule has 112 valence electrons. The zero-order valence-electron chi connectivity index (χ0n) is 10.8. The Morgan fingerprint density at radius 1 is 0.900 bits per heavy atom. The van der Waals surface area contributed by atoms with Gasteiger partial charge < -0.3 is 20.4 Å². The van der Waals surface area contributed by atoms with Crippen molar-refractivity contribution in [1.29, 1.82) is 0 Å². The van der Waals surface area contributed by atoms with Crippen LogP contribution in [-0.4, -0.2) is 44.3 Å². The van der Waals surface area contributed by atoms with Crippen molar-refractivity contribution in [2.45, 2.75) is 26.2 Å². The fraction of sp³-hybridized carbons (Fsp3) is 0.667. The van der Waals surface area contributed by atoms with Crippen LogP contribution in [0.25, 0.3) is 0 Å². The maximum atomic E-state index is 11.5. The molecule has 0 heterocycles. The lowest BCUT2D eigenvalue weighted by atomic mass is 9.45. The van der Waals surface area contributed by atoms with E-state index < -0.39 is 47.0 Å². The molecule has 1 rings (SSSR count). The first-order chi connectivity index (χ1) is 9.21. The molecule has 0 aromatic rings. The van der Waals surface area contributed by atoms with E-state index in [0.717, 1.165) is 0 Å². The molecule has 8 heteroatoms. The lowest BCUT2D eigenvalue weighted by Crippen LogP contribution is -2.68. The van der Waals surface area contributed by atoms with Crippen LogP contribution in [0.3, 0.4) is 0 Å².